The van der Waals surface area contributed by atoms with Crippen LogP contribution in [0.3, 0.4) is 0 Å². The van der Waals surface area contributed by atoms with E-state index in [1.54, 1.807) is 0 Å². The molecule has 0 spiro atoms. The van der Waals surface area contributed by atoms with E-state index >= 15 is 0 Å². The topological polar surface area (TPSA) is 66.5 Å². The largest absolute Gasteiger partial charge is 0.356 e. The van der Waals surface area contributed by atoms with Gasteiger partial charge in [0.15, 0.2) is 11.8 Å². The molecule has 1 fully saturated rings. The van der Waals surface area contributed by atoms with Gasteiger partial charge in [0.25, 0.3) is 0 Å². The van der Waals surface area contributed by atoms with Crippen molar-refractivity contribution >= 4 is 29.9 Å². The predicted octanol–water partition coefficient (Wildman–Crippen LogP) is 3.42. The fraction of sp³-hybridized carbons (Fsp3) is 0.526. The highest BCUT2D eigenvalue weighted by atomic mass is 127. The van der Waals surface area contributed by atoms with Crippen LogP contribution in [0.25, 0.3) is 0 Å². The van der Waals surface area contributed by atoms with Crippen LogP contribution in [0.2, 0.25) is 0 Å². The Kier molecular flexibility index (Phi) is 7.86. The summed E-state index contributed by atoms with van der Waals surface area (Å²) in [5, 5.41) is 7.42. The summed E-state index contributed by atoms with van der Waals surface area (Å²) in [6, 6.07) is 10.7. The Morgan fingerprint density at radius 1 is 1.35 bits per heavy atom. The van der Waals surface area contributed by atoms with Gasteiger partial charge in [-0.3, -0.25) is 4.99 Å². The molecule has 2 aromatic rings. The Bertz CT molecular complexity index is 701. The van der Waals surface area contributed by atoms with Crippen molar-refractivity contribution in [1.29, 1.82) is 0 Å². The summed E-state index contributed by atoms with van der Waals surface area (Å²) in [5.41, 5.74) is 1.41. The van der Waals surface area contributed by atoms with Crippen LogP contribution in [0.4, 0.5) is 0 Å². The molecule has 3 rings (SSSR count). The quantitative estimate of drug-likeness (QED) is 0.413. The van der Waals surface area contributed by atoms with Crippen LogP contribution in [0.1, 0.15) is 49.4 Å². The van der Waals surface area contributed by atoms with E-state index in [1.807, 2.05) is 7.05 Å². The van der Waals surface area contributed by atoms with E-state index in [0.717, 1.165) is 37.8 Å². The van der Waals surface area contributed by atoms with Gasteiger partial charge in [0.1, 0.15) is 0 Å². The summed E-state index contributed by atoms with van der Waals surface area (Å²) in [7, 11) is 1.84. The molecule has 6 nitrogen and oxygen atoms in total. The number of benzene rings is 1. The van der Waals surface area contributed by atoms with Crippen molar-refractivity contribution < 1.29 is 4.52 Å². The summed E-state index contributed by atoms with van der Waals surface area (Å²) >= 11 is 0. The van der Waals surface area contributed by atoms with Gasteiger partial charge in [-0.1, -0.05) is 49.3 Å². The first-order valence-electron chi connectivity index (χ1n) is 9.00. The van der Waals surface area contributed by atoms with Crippen LogP contribution in [0, 0.1) is 0 Å². The number of aliphatic imine (C=N–C) groups is 1. The van der Waals surface area contributed by atoms with Gasteiger partial charge in [-0.25, -0.2) is 0 Å². The normalized spacial score (nSPS) is 17.5. The average Bonchev–Trinajstić information content (AvgIpc) is 3.29. The molecule has 1 atom stereocenters. The SMILES string of the molecule is CN=C(NCCc1nc(C(C)C)no1)N1CCC(c2ccccc2)C1.I. The van der Waals surface area contributed by atoms with Gasteiger partial charge in [-0.15, -0.1) is 24.0 Å². The number of guanidine groups is 1. The molecule has 0 saturated carbocycles. The van der Waals surface area contributed by atoms with Crippen LogP contribution in [-0.4, -0.2) is 47.7 Å². The number of nitrogens with zero attached hydrogens (tertiary/aromatic N) is 4. The van der Waals surface area contributed by atoms with Crippen molar-refractivity contribution in [3.63, 3.8) is 0 Å². The van der Waals surface area contributed by atoms with Crippen molar-refractivity contribution in [2.75, 3.05) is 26.7 Å². The average molecular weight is 469 g/mol. The van der Waals surface area contributed by atoms with Crippen LogP contribution < -0.4 is 5.32 Å². The summed E-state index contributed by atoms with van der Waals surface area (Å²) in [5.74, 6) is 3.25. The molecule has 7 heteroatoms. The van der Waals surface area contributed by atoms with Crippen LogP contribution >= 0.6 is 24.0 Å². The molecule has 0 amide bonds. The third-order valence-corrected chi connectivity index (χ3v) is 4.59. The van der Waals surface area contributed by atoms with E-state index in [1.165, 1.54) is 5.56 Å². The number of aromatic nitrogens is 2. The molecule has 1 aliphatic heterocycles. The zero-order valence-electron chi connectivity index (χ0n) is 15.7. The molecule has 1 aromatic carbocycles. The Labute approximate surface area is 172 Å². The van der Waals surface area contributed by atoms with Gasteiger partial charge in [-0.05, 0) is 12.0 Å². The highest BCUT2D eigenvalue weighted by molar-refractivity contribution is 14.0. The maximum absolute atomic E-state index is 5.29. The third-order valence-electron chi connectivity index (χ3n) is 4.59. The number of likely N-dealkylation sites (tertiary alicyclic amines) is 1. The highest BCUT2D eigenvalue weighted by Gasteiger charge is 2.25. The number of nitrogens with one attached hydrogen (secondary N) is 1. The second-order valence-electron chi connectivity index (χ2n) is 6.77. The maximum Gasteiger partial charge on any atom is 0.228 e. The molecule has 1 aromatic heterocycles. The van der Waals surface area contributed by atoms with Gasteiger partial charge < -0.3 is 14.7 Å². The Hall–Kier alpha value is -1.64. The first-order valence-corrected chi connectivity index (χ1v) is 9.00. The Balaban J connectivity index is 0.00000243. The molecule has 0 bridgehead atoms. The van der Waals surface area contributed by atoms with Crippen molar-refractivity contribution in [1.82, 2.24) is 20.4 Å². The van der Waals surface area contributed by atoms with Crippen molar-refractivity contribution in [3.05, 3.63) is 47.6 Å². The second kappa shape index (κ2) is 9.89. The lowest BCUT2D eigenvalue weighted by Gasteiger charge is -2.21. The molecule has 142 valence electrons. The smallest absolute Gasteiger partial charge is 0.228 e. The number of rotatable bonds is 5. The van der Waals surface area contributed by atoms with Gasteiger partial charge >= 0.3 is 0 Å². The third kappa shape index (κ3) is 5.18. The maximum atomic E-state index is 5.29. The lowest BCUT2D eigenvalue weighted by molar-refractivity contribution is 0.370. The van der Waals surface area contributed by atoms with Crippen LogP contribution in [0.15, 0.2) is 39.8 Å². The summed E-state index contributed by atoms with van der Waals surface area (Å²) in [6.07, 6.45) is 1.86. The highest BCUT2D eigenvalue weighted by Crippen LogP contribution is 2.26. The van der Waals surface area contributed by atoms with Gasteiger partial charge in [-0.2, -0.15) is 4.98 Å². The number of hydrogen-bond acceptors (Lipinski definition) is 4. The minimum Gasteiger partial charge on any atom is -0.356 e. The first-order chi connectivity index (χ1) is 12.2. The van der Waals surface area contributed by atoms with Crippen molar-refractivity contribution in [3.8, 4) is 0 Å². The molecule has 2 heterocycles. The summed E-state index contributed by atoms with van der Waals surface area (Å²) in [6.45, 7) is 6.88. The Morgan fingerprint density at radius 2 is 2.12 bits per heavy atom. The van der Waals surface area contributed by atoms with Crippen LogP contribution in [-0.2, 0) is 6.42 Å². The van der Waals surface area contributed by atoms with E-state index in [9.17, 15) is 0 Å². The minimum absolute atomic E-state index is 0. The molecule has 26 heavy (non-hydrogen) atoms. The fourth-order valence-electron chi connectivity index (χ4n) is 3.17. The van der Waals surface area contributed by atoms with Crippen molar-refractivity contribution in [2.24, 2.45) is 4.99 Å². The fourth-order valence-corrected chi connectivity index (χ4v) is 3.17. The number of hydrogen-bond donors (Lipinski definition) is 1. The number of halogens is 1. The zero-order valence-corrected chi connectivity index (χ0v) is 18.0. The van der Waals surface area contributed by atoms with Gasteiger partial charge in [0.05, 0.1) is 0 Å². The second-order valence-corrected chi connectivity index (χ2v) is 6.77. The Morgan fingerprint density at radius 3 is 2.77 bits per heavy atom. The van der Waals surface area contributed by atoms with E-state index < -0.39 is 0 Å². The lowest BCUT2D eigenvalue weighted by atomic mass is 9.99. The van der Waals surface area contributed by atoms with Gasteiger partial charge in [0.2, 0.25) is 5.89 Å². The molecular formula is C19H28IN5O. The molecule has 0 aliphatic carbocycles. The molecule has 1 saturated heterocycles. The molecule has 1 unspecified atom stereocenters. The van der Waals surface area contributed by atoms with Crippen molar-refractivity contribution in [2.45, 2.75) is 38.5 Å². The van der Waals surface area contributed by atoms with E-state index in [2.05, 4.69) is 69.5 Å². The van der Waals surface area contributed by atoms with E-state index in [0.29, 0.717) is 18.2 Å². The zero-order chi connectivity index (χ0) is 17.6. The van der Waals surface area contributed by atoms with Gasteiger partial charge in [0, 0.05) is 44.9 Å². The first kappa shape index (κ1) is 20.7. The lowest BCUT2D eigenvalue weighted by Crippen LogP contribution is -2.40. The molecule has 1 aliphatic rings. The van der Waals surface area contributed by atoms with E-state index in [4.69, 9.17) is 4.52 Å². The predicted molar refractivity (Wildman–Crippen MR) is 114 cm³/mol. The van der Waals surface area contributed by atoms with E-state index in [-0.39, 0.29) is 29.9 Å². The standard InChI is InChI=1S/C19H27N5O.HI/c1-14(2)18-22-17(25-23-18)9-11-21-19(20-3)24-12-10-16(13-24)15-7-5-4-6-8-15;/h4-8,14,16H,9-13H2,1-3H3,(H,20,21);1H. The minimum atomic E-state index is 0. The molecular weight excluding hydrogens is 441 g/mol. The monoisotopic (exact) mass is 469 g/mol. The molecule has 1 N–H and O–H groups in total. The summed E-state index contributed by atoms with van der Waals surface area (Å²) in [4.78, 5) is 11.2. The summed E-state index contributed by atoms with van der Waals surface area (Å²) < 4.78 is 5.29. The van der Waals surface area contributed by atoms with Crippen LogP contribution in [0.5, 0.6) is 0 Å². The molecule has 0 radical (unpaired) electrons.